The third kappa shape index (κ3) is 2.11. The molecule has 0 fully saturated rings. The van der Waals surface area contributed by atoms with Crippen LogP contribution in [-0.4, -0.2) is 0 Å². The minimum Gasteiger partial charge on any atom is -0.193 e. The van der Waals surface area contributed by atoms with Gasteiger partial charge in [-0.05, 0) is 36.1 Å². The first-order valence-electron chi connectivity index (χ1n) is 4.87. The minimum atomic E-state index is 0.720. The lowest BCUT2D eigenvalue weighted by atomic mass is 9.93. The molecule has 0 heterocycles. The molecule has 2 rings (SSSR count). The molecular weight excluding hydrogens is 206 g/mol. The molecule has 1 aliphatic rings. The summed E-state index contributed by atoms with van der Waals surface area (Å²) in [6.45, 7) is 0. The lowest BCUT2D eigenvalue weighted by Crippen LogP contribution is -1.92. The number of benzene rings is 1. The van der Waals surface area contributed by atoms with Crippen molar-refractivity contribution in [2.75, 3.05) is 0 Å². The zero-order valence-electron chi connectivity index (χ0n) is 8.20. The molecule has 0 atom stereocenters. The van der Waals surface area contributed by atoms with Gasteiger partial charge in [-0.15, -0.1) is 0 Å². The van der Waals surface area contributed by atoms with Crippen molar-refractivity contribution in [1.82, 2.24) is 0 Å². The first-order chi connectivity index (χ1) is 7.31. The summed E-state index contributed by atoms with van der Waals surface area (Å²) < 4.78 is 0. The molecule has 0 saturated heterocycles. The summed E-state index contributed by atoms with van der Waals surface area (Å²) in [6, 6.07) is 9.86. The Kier molecular flexibility index (Phi) is 2.89. The SMILES string of the molecule is N#CC1=C(c2ccc(Cl)cc2)C=CCC1. The van der Waals surface area contributed by atoms with Gasteiger partial charge in [-0.2, -0.15) is 5.26 Å². The van der Waals surface area contributed by atoms with Gasteiger partial charge < -0.3 is 0 Å². The fourth-order valence-electron chi connectivity index (χ4n) is 1.68. The molecular formula is C13H10ClN. The number of nitriles is 1. The summed E-state index contributed by atoms with van der Waals surface area (Å²) in [4.78, 5) is 0. The van der Waals surface area contributed by atoms with Crippen LogP contribution in [0.5, 0.6) is 0 Å². The van der Waals surface area contributed by atoms with Crippen molar-refractivity contribution in [2.24, 2.45) is 0 Å². The zero-order valence-corrected chi connectivity index (χ0v) is 8.96. The molecule has 0 N–H and O–H groups in total. The molecule has 1 aromatic carbocycles. The Morgan fingerprint density at radius 2 is 1.93 bits per heavy atom. The van der Waals surface area contributed by atoms with Crippen LogP contribution in [-0.2, 0) is 0 Å². The standard InChI is InChI=1S/C13H10ClN/c14-12-7-5-10(6-8-12)13-4-2-1-3-11(13)9-15/h2,4-8H,1,3H2. The molecule has 0 radical (unpaired) electrons. The Hall–Kier alpha value is -1.52. The van der Waals surface area contributed by atoms with E-state index in [0.29, 0.717) is 0 Å². The van der Waals surface area contributed by atoms with Gasteiger partial charge in [-0.3, -0.25) is 0 Å². The van der Waals surface area contributed by atoms with E-state index in [1.807, 2.05) is 30.3 Å². The summed E-state index contributed by atoms with van der Waals surface area (Å²) in [5, 5.41) is 9.73. The Balaban J connectivity index is 2.46. The molecule has 1 nitrogen and oxygen atoms in total. The molecule has 0 aromatic heterocycles. The molecule has 1 aromatic rings. The van der Waals surface area contributed by atoms with Crippen LogP contribution < -0.4 is 0 Å². The monoisotopic (exact) mass is 215 g/mol. The van der Waals surface area contributed by atoms with Gasteiger partial charge in [-0.25, -0.2) is 0 Å². The van der Waals surface area contributed by atoms with E-state index in [0.717, 1.165) is 34.6 Å². The highest BCUT2D eigenvalue weighted by molar-refractivity contribution is 6.30. The maximum absolute atomic E-state index is 9.01. The average molecular weight is 216 g/mol. The maximum Gasteiger partial charge on any atom is 0.0953 e. The third-order valence-electron chi connectivity index (χ3n) is 2.46. The molecule has 2 heteroatoms. The van der Waals surface area contributed by atoms with Crippen molar-refractivity contribution in [3.05, 3.63) is 52.6 Å². The van der Waals surface area contributed by atoms with Crippen molar-refractivity contribution in [3.8, 4) is 6.07 Å². The van der Waals surface area contributed by atoms with Crippen molar-refractivity contribution in [2.45, 2.75) is 12.8 Å². The van der Waals surface area contributed by atoms with E-state index < -0.39 is 0 Å². The highest BCUT2D eigenvalue weighted by atomic mass is 35.5. The van der Waals surface area contributed by atoms with Gasteiger partial charge in [0.05, 0.1) is 6.07 Å². The van der Waals surface area contributed by atoms with Crippen LogP contribution in [0.25, 0.3) is 5.57 Å². The molecule has 1 aliphatic carbocycles. The highest BCUT2D eigenvalue weighted by Crippen LogP contribution is 2.27. The Labute approximate surface area is 94.3 Å². The summed E-state index contributed by atoms with van der Waals surface area (Å²) in [6.07, 6.45) is 5.92. The van der Waals surface area contributed by atoms with E-state index in [-0.39, 0.29) is 0 Å². The van der Waals surface area contributed by atoms with E-state index >= 15 is 0 Å². The number of hydrogen-bond acceptors (Lipinski definition) is 1. The second kappa shape index (κ2) is 4.33. The van der Waals surface area contributed by atoms with Crippen LogP contribution in [0.15, 0.2) is 42.0 Å². The van der Waals surface area contributed by atoms with Gasteiger partial charge in [0.15, 0.2) is 0 Å². The van der Waals surface area contributed by atoms with Crippen LogP contribution in [0.1, 0.15) is 18.4 Å². The number of halogens is 1. The van der Waals surface area contributed by atoms with Crippen LogP contribution >= 0.6 is 11.6 Å². The van der Waals surface area contributed by atoms with E-state index in [1.165, 1.54) is 0 Å². The van der Waals surface area contributed by atoms with Crippen molar-refractivity contribution in [3.63, 3.8) is 0 Å². The summed E-state index contributed by atoms with van der Waals surface area (Å²) in [5.74, 6) is 0. The van der Waals surface area contributed by atoms with Gasteiger partial charge in [0.1, 0.15) is 0 Å². The van der Waals surface area contributed by atoms with Gasteiger partial charge in [0, 0.05) is 10.6 Å². The van der Waals surface area contributed by atoms with Crippen molar-refractivity contribution in [1.29, 1.82) is 5.26 Å². The van der Waals surface area contributed by atoms with Crippen LogP contribution in [0.2, 0.25) is 5.02 Å². The predicted molar refractivity (Wildman–Crippen MR) is 62.4 cm³/mol. The van der Waals surface area contributed by atoms with Crippen molar-refractivity contribution < 1.29 is 0 Å². The lowest BCUT2D eigenvalue weighted by molar-refractivity contribution is 0.999. The van der Waals surface area contributed by atoms with Gasteiger partial charge in [0.25, 0.3) is 0 Å². The van der Waals surface area contributed by atoms with Crippen LogP contribution in [0, 0.1) is 11.3 Å². The predicted octanol–water partition coefficient (Wildman–Crippen LogP) is 3.97. The Morgan fingerprint density at radius 3 is 2.60 bits per heavy atom. The average Bonchev–Trinajstić information content (AvgIpc) is 2.30. The Morgan fingerprint density at radius 1 is 1.20 bits per heavy atom. The van der Waals surface area contributed by atoms with E-state index in [1.54, 1.807) is 0 Å². The second-order valence-electron chi connectivity index (χ2n) is 3.45. The molecule has 0 spiro atoms. The fourth-order valence-corrected chi connectivity index (χ4v) is 1.81. The lowest BCUT2D eigenvalue weighted by Gasteiger charge is -2.10. The first-order valence-corrected chi connectivity index (χ1v) is 5.25. The summed E-state index contributed by atoms with van der Waals surface area (Å²) in [5.41, 5.74) is 2.95. The first kappa shape index (κ1) is 10.0. The quantitative estimate of drug-likeness (QED) is 0.696. The molecule has 0 aliphatic heterocycles. The van der Waals surface area contributed by atoms with Gasteiger partial charge in [0.2, 0.25) is 0 Å². The number of allylic oxidation sites excluding steroid dienone is 4. The fraction of sp³-hybridized carbons (Fsp3) is 0.154. The topological polar surface area (TPSA) is 23.8 Å². The maximum atomic E-state index is 9.01. The van der Waals surface area contributed by atoms with Crippen molar-refractivity contribution >= 4 is 17.2 Å². The van der Waals surface area contributed by atoms with E-state index in [2.05, 4.69) is 12.1 Å². The highest BCUT2D eigenvalue weighted by Gasteiger charge is 2.09. The molecule has 74 valence electrons. The zero-order chi connectivity index (χ0) is 10.7. The summed E-state index contributed by atoms with van der Waals surface area (Å²) >= 11 is 5.82. The Bertz CT molecular complexity index is 460. The summed E-state index contributed by atoms with van der Waals surface area (Å²) in [7, 11) is 0. The second-order valence-corrected chi connectivity index (χ2v) is 3.89. The van der Waals surface area contributed by atoms with Crippen LogP contribution in [0.3, 0.4) is 0 Å². The van der Waals surface area contributed by atoms with E-state index in [9.17, 15) is 0 Å². The third-order valence-corrected chi connectivity index (χ3v) is 2.71. The molecule has 15 heavy (non-hydrogen) atoms. The van der Waals surface area contributed by atoms with Gasteiger partial charge >= 0.3 is 0 Å². The molecule has 0 saturated carbocycles. The molecule has 0 unspecified atom stereocenters. The van der Waals surface area contributed by atoms with Crippen LogP contribution in [0.4, 0.5) is 0 Å². The van der Waals surface area contributed by atoms with Gasteiger partial charge in [-0.1, -0.05) is 35.9 Å². The number of rotatable bonds is 1. The number of hydrogen-bond donors (Lipinski definition) is 0. The number of nitrogens with zero attached hydrogens (tertiary/aromatic N) is 1. The minimum absolute atomic E-state index is 0.720. The smallest absolute Gasteiger partial charge is 0.0953 e. The normalized spacial score (nSPS) is 15.2. The molecule has 0 bridgehead atoms. The largest absolute Gasteiger partial charge is 0.193 e. The molecule has 0 amide bonds. The van der Waals surface area contributed by atoms with E-state index in [4.69, 9.17) is 16.9 Å².